The van der Waals surface area contributed by atoms with Crippen LogP contribution in [0, 0.1) is 13.8 Å². The SMILES string of the molecule is COc1ccccc1-c1cc(NC(=O)c2ccc3nc(C)c(C)nc3c2)n[nH]1. The van der Waals surface area contributed by atoms with Gasteiger partial charge in [0.2, 0.25) is 0 Å². The number of aromatic amines is 1. The van der Waals surface area contributed by atoms with Gasteiger partial charge in [0.25, 0.3) is 5.91 Å². The Bertz CT molecular complexity index is 1180. The van der Waals surface area contributed by atoms with Crippen LogP contribution in [0.25, 0.3) is 22.3 Å². The maximum Gasteiger partial charge on any atom is 0.256 e. The van der Waals surface area contributed by atoms with Crippen molar-refractivity contribution in [2.24, 2.45) is 0 Å². The Balaban J connectivity index is 1.58. The fourth-order valence-electron chi connectivity index (χ4n) is 2.95. The number of benzene rings is 2. The second-order valence-corrected chi connectivity index (χ2v) is 6.42. The minimum atomic E-state index is -0.264. The number of methoxy groups -OCH3 is 1. The topological polar surface area (TPSA) is 92.8 Å². The highest BCUT2D eigenvalue weighted by atomic mass is 16.5. The number of para-hydroxylation sites is 1. The number of fused-ring (bicyclic) bond motifs is 1. The van der Waals surface area contributed by atoms with Crippen LogP contribution in [0.2, 0.25) is 0 Å². The number of rotatable bonds is 4. The summed E-state index contributed by atoms with van der Waals surface area (Å²) >= 11 is 0. The number of nitrogens with zero attached hydrogens (tertiary/aromatic N) is 3. The Hall–Kier alpha value is -3.74. The molecule has 0 atom stereocenters. The molecule has 2 aromatic carbocycles. The second kappa shape index (κ2) is 7.11. The lowest BCUT2D eigenvalue weighted by Gasteiger charge is -2.06. The number of aryl methyl sites for hydroxylation is 2. The molecule has 2 N–H and O–H groups in total. The molecule has 2 heterocycles. The van der Waals surface area contributed by atoms with Crippen LogP contribution < -0.4 is 10.1 Å². The average Bonchev–Trinajstić information content (AvgIpc) is 3.16. The number of anilines is 1. The number of carbonyl (C=O) groups is 1. The van der Waals surface area contributed by atoms with Crippen molar-refractivity contribution in [1.29, 1.82) is 0 Å². The summed E-state index contributed by atoms with van der Waals surface area (Å²) < 4.78 is 5.37. The highest BCUT2D eigenvalue weighted by molar-refractivity contribution is 6.05. The lowest BCUT2D eigenvalue weighted by atomic mass is 10.1. The van der Waals surface area contributed by atoms with E-state index in [2.05, 4.69) is 25.5 Å². The molecule has 0 saturated carbocycles. The summed E-state index contributed by atoms with van der Waals surface area (Å²) in [6.07, 6.45) is 0. The van der Waals surface area contributed by atoms with Crippen LogP contribution in [0.1, 0.15) is 21.7 Å². The van der Waals surface area contributed by atoms with E-state index in [-0.39, 0.29) is 5.91 Å². The first-order valence-electron chi connectivity index (χ1n) is 8.80. The summed E-state index contributed by atoms with van der Waals surface area (Å²) in [5.74, 6) is 0.889. The van der Waals surface area contributed by atoms with Crippen LogP contribution >= 0.6 is 0 Å². The predicted octanol–water partition coefficient (Wildman–Crippen LogP) is 3.90. The van der Waals surface area contributed by atoms with Crippen LogP contribution in [0.3, 0.4) is 0 Å². The van der Waals surface area contributed by atoms with Crippen molar-refractivity contribution >= 4 is 22.8 Å². The van der Waals surface area contributed by atoms with Gasteiger partial charge in [0.05, 0.1) is 35.2 Å². The Morgan fingerprint density at radius 1 is 1.00 bits per heavy atom. The number of aromatic nitrogens is 4. The smallest absolute Gasteiger partial charge is 0.256 e. The minimum Gasteiger partial charge on any atom is -0.496 e. The van der Waals surface area contributed by atoms with Gasteiger partial charge in [-0.2, -0.15) is 5.10 Å². The maximum atomic E-state index is 12.6. The van der Waals surface area contributed by atoms with Gasteiger partial charge in [-0.25, -0.2) is 9.97 Å². The molecule has 0 bridgehead atoms. The molecular formula is C21H19N5O2. The van der Waals surface area contributed by atoms with Gasteiger partial charge in [-0.1, -0.05) is 12.1 Å². The zero-order valence-corrected chi connectivity index (χ0v) is 15.8. The van der Waals surface area contributed by atoms with Gasteiger partial charge in [-0.3, -0.25) is 9.89 Å². The molecule has 0 aliphatic rings. The van der Waals surface area contributed by atoms with Gasteiger partial charge < -0.3 is 10.1 Å². The normalized spacial score (nSPS) is 10.8. The zero-order chi connectivity index (χ0) is 19.7. The Morgan fingerprint density at radius 2 is 1.75 bits per heavy atom. The average molecular weight is 373 g/mol. The third-order valence-corrected chi connectivity index (χ3v) is 4.55. The van der Waals surface area contributed by atoms with E-state index in [1.165, 1.54) is 0 Å². The first-order valence-corrected chi connectivity index (χ1v) is 8.80. The van der Waals surface area contributed by atoms with E-state index in [4.69, 9.17) is 4.74 Å². The molecule has 1 amide bonds. The minimum absolute atomic E-state index is 0.264. The second-order valence-electron chi connectivity index (χ2n) is 6.42. The van der Waals surface area contributed by atoms with Gasteiger partial charge in [-0.15, -0.1) is 0 Å². The van der Waals surface area contributed by atoms with Crippen molar-refractivity contribution in [3.8, 4) is 17.0 Å². The van der Waals surface area contributed by atoms with Crippen molar-refractivity contribution in [3.63, 3.8) is 0 Å². The van der Waals surface area contributed by atoms with E-state index in [0.717, 1.165) is 33.9 Å². The van der Waals surface area contributed by atoms with Crippen molar-refractivity contribution < 1.29 is 9.53 Å². The molecule has 140 valence electrons. The van der Waals surface area contributed by atoms with Crippen LogP contribution in [-0.2, 0) is 0 Å². The number of nitrogens with one attached hydrogen (secondary N) is 2. The van der Waals surface area contributed by atoms with Gasteiger partial charge in [0.15, 0.2) is 5.82 Å². The highest BCUT2D eigenvalue weighted by Crippen LogP contribution is 2.29. The summed E-state index contributed by atoms with van der Waals surface area (Å²) in [6, 6.07) is 14.6. The maximum absolute atomic E-state index is 12.6. The molecule has 0 fully saturated rings. The molecule has 28 heavy (non-hydrogen) atoms. The third-order valence-electron chi connectivity index (χ3n) is 4.55. The molecule has 7 heteroatoms. The Labute approximate surface area is 161 Å². The molecular weight excluding hydrogens is 354 g/mol. The monoisotopic (exact) mass is 373 g/mol. The lowest BCUT2D eigenvalue weighted by molar-refractivity contribution is 0.102. The van der Waals surface area contributed by atoms with Gasteiger partial charge in [0.1, 0.15) is 5.75 Å². The largest absolute Gasteiger partial charge is 0.496 e. The number of ether oxygens (including phenoxy) is 1. The van der Waals surface area contributed by atoms with Gasteiger partial charge in [-0.05, 0) is 44.2 Å². The summed E-state index contributed by atoms with van der Waals surface area (Å²) in [4.78, 5) is 21.6. The lowest BCUT2D eigenvalue weighted by Crippen LogP contribution is -2.12. The first-order chi connectivity index (χ1) is 13.5. The molecule has 0 spiro atoms. The summed E-state index contributed by atoms with van der Waals surface area (Å²) in [5.41, 5.74) is 5.29. The molecule has 0 aliphatic heterocycles. The third kappa shape index (κ3) is 3.29. The quantitative estimate of drug-likeness (QED) is 0.566. The fraction of sp³-hybridized carbons (Fsp3) is 0.143. The van der Waals surface area contributed by atoms with E-state index < -0.39 is 0 Å². The van der Waals surface area contributed by atoms with E-state index >= 15 is 0 Å². The van der Waals surface area contributed by atoms with Crippen molar-refractivity contribution in [3.05, 3.63) is 65.5 Å². The summed E-state index contributed by atoms with van der Waals surface area (Å²) in [7, 11) is 1.61. The summed E-state index contributed by atoms with van der Waals surface area (Å²) in [6.45, 7) is 3.82. The molecule has 4 rings (SSSR count). The molecule has 0 saturated heterocycles. The molecule has 4 aromatic rings. The molecule has 7 nitrogen and oxygen atoms in total. The number of hydrogen-bond donors (Lipinski definition) is 2. The van der Waals surface area contributed by atoms with Crippen LogP contribution in [0.5, 0.6) is 5.75 Å². The Kier molecular flexibility index (Phi) is 4.49. The zero-order valence-electron chi connectivity index (χ0n) is 15.8. The first kappa shape index (κ1) is 17.7. The van der Waals surface area contributed by atoms with Crippen LogP contribution in [0.4, 0.5) is 5.82 Å². The number of carbonyl (C=O) groups excluding carboxylic acids is 1. The van der Waals surface area contributed by atoms with Crippen molar-refractivity contribution in [1.82, 2.24) is 20.2 Å². The molecule has 0 aliphatic carbocycles. The van der Waals surface area contributed by atoms with Gasteiger partial charge in [0, 0.05) is 17.2 Å². The number of hydrogen-bond acceptors (Lipinski definition) is 5. The van der Waals surface area contributed by atoms with Crippen molar-refractivity contribution in [2.45, 2.75) is 13.8 Å². The van der Waals surface area contributed by atoms with Crippen LogP contribution in [0.15, 0.2) is 48.5 Å². The van der Waals surface area contributed by atoms with Crippen molar-refractivity contribution in [2.75, 3.05) is 12.4 Å². The van der Waals surface area contributed by atoms with E-state index in [1.54, 1.807) is 31.4 Å². The van der Waals surface area contributed by atoms with E-state index in [0.29, 0.717) is 16.9 Å². The Morgan fingerprint density at radius 3 is 2.54 bits per heavy atom. The fourth-order valence-corrected chi connectivity index (χ4v) is 2.95. The number of H-pyrrole nitrogens is 1. The van der Waals surface area contributed by atoms with E-state index in [1.807, 2.05) is 38.1 Å². The van der Waals surface area contributed by atoms with E-state index in [9.17, 15) is 4.79 Å². The molecule has 0 radical (unpaired) electrons. The summed E-state index contributed by atoms with van der Waals surface area (Å²) in [5, 5.41) is 9.92. The predicted molar refractivity (Wildman–Crippen MR) is 108 cm³/mol. The van der Waals surface area contributed by atoms with Crippen LogP contribution in [-0.4, -0.2) is 33.2 Å². The van der Waals surface area contributed by atoms with Gasteiger partial charge >= 0.3 is 0 Å². The highest BCUT2D eigenvalue weighted by Gasteiger charge is 2.13. The number of amides is 1. The molecule has 2 aromatic heterocycles. The molecule has 0 unspecified atom stereocenters. The standard InChI is InChI=1S/C21H19N5O2/c1-12-13(2)23-18-10-14(8-9-16(18)22-12)21(27)24-20-11-17(25-26-20)15-6-4-5-7-19(15)28-3/h4-11H,1-3H3,(H2,24,25,26,27).